The van der Waals surface area contributed by atoms with Gasteiger partial charge in [0.15, 0.2) is 0 Å². The molecule has 0 spiro atoms. The number of amides is 1. The lowest BCUT2D eigenvalue weighted by Crippen LogP contribution is -2.21. The summed E-state index contributed by atoms with van der Waals surface area (Å²) in [6.45, 7) is 4.50. The topological polar surface area (TPSA) is 41.1 Å². The van der Waals surface area contributed by atoms with Crippen LogP contribution >= 0.6 is 0 Å². The fourth-order valence-electron chi connectivity index (χ4n) is 2.19. The molecule has 0 heterocycles. The summed E-state index contributed by atoms with van der Waals surface area (Å²) in [5, 5.41) is 6.02. The van der Waals surface area contributed by atoms with Gasteiger partial charge in [-0.15, -0.1) is 0 Å². The molecule has 0 aliphatic carbocycles. The number of carbonyl (C=O) groups excluding carboxylic acids is 1. The maximum atomic E-state index is 11.9. The van der Waals surface area contributed by atoms with E-state index in [1.807, 2.05) is 43.3 Å². The number of hydrogen-bond acceptors (Lipinski definition) is 2. The zero-order chi connectivity index (χ0) is 15.8. The number of carbonyl (C=O) groups is 1. The molecule has 22 heavy (non-hydrogen) atoms. The minimum absolute atomic E-state index is 0.0399. The summed E-state index contributed by atoms with van der Waals surface area (Å²) in [5.41, 5.74) is 4.32. The van der Waals surface area contributed by atoms with Gasteiger partial charge in [0.25, 0.3) is 0 Å². The molecule has 1 amide bonds. The molecule has 0 radical (unpaired) electrons. The summed E-state index contributed by atoms with van der Waals surface area (Å²) in [4.78, 5) is 11.9. The fourth-order valence-corrected chi connectivity index (χ4v) is 2.19. The molecule has 2 rings (SSSR count). The largest absolute Gasteiger partial charge is 0.376 e. The first-order valence-corrected chi connectivity index (χ1v) is 7.86. The van der Waals surface area contributed by atoms with Gasteiger partial charge < -0.3 is 10.6 Å². The molecule has 2 aromatic rings. The molecule has 0 aromatic heterocycles. The van der Waals surface area contributed by atoms with Crippen molar-refractivity contribution in [2.45, 2.75) is 33.1 Å². The third-order valence-electron chi connectivity index (χ3n) is 3.56. The Morgan fingerprint density at radius 3 is 2.23 bits per heavy atom. The summed E-state index contributed by atoms with van der Waals surface area (Å²) in [5.74, 6) is -0.0399. The second-order valence-corrected chi connectivity index (χ2v) is 5.57. The predicted molar refractivity (Wildman–Crippen MR) is 93.4 cm³/mol. The number of unbranched alkanes of at least 4 members (excludes halogenated alkanes) is 1. The van der Waals surface area contributed by atoms with Gasteiger partial charge in [-0.25, -0.2) is 0 Å². The molecule has 0 fully saturated rings. The van der Waals surface area contributed by atoms with E-state index in [-0.39, 0.29) is 12.5 Å². The van der Waals surface area contributed by atoms with Crippen LogP contribution in [0.3, 0.4) is 0 Å². The predicted octanol–water partition coefficient (Wildman–Crippen LogP) is 4.39. The lowest BCUT2D eigenvalue weighted by molar-refractivity contribution is -0.114. The lowest BCUT2D eigenvalue weighted by Gasteiger charge is -2.09. The Hall–Kier alpha value is -2.29. The minimum Gasteiger partial charge on any atom is -0.376 e. The number of anilines is 2. The van der Waals surface area contributed by atoms with Crippen LogP contribution in [-0.4, -0.2) is 12.5 Å². The van der Waals surface area contributed by atoms with Gasteiger partial charge in [0.1, 0.15) is 0 Å². The first-order chi connectivity index (χ1) is 10.7. The Morgan fingerprint density at radius 2 is 1.59 bits per heavy atom. The van der Waals surface area contributed by atoms with Crippen molar-refractivity contribution >= 4 is 17.3 Å². The summed E-state index contributed by atoms with van der Waals surface area (Å²) in [6, 6.07) is 16.1. The molecule has 0 saturated heterocycles. The molecule has 3 heteroatoms. The van der Waals surface area contributed by atoms with Crippen molar-refractivity contribution in [3.8, 4) is 0 Å². The molecule has 2 aromatic carbocycles. The number of aryl methyl sites for hydroxylation is 2. The number of benzene rings is 2. The zero-order valence-corrected chi connectivity index (χ0v) is 13.4. The van der Waals surface area contributed by atoms with E-state index in [0.29, 0.717) is 0 Å². The molecular weight excluding hydrogens is 272 g/mol. The molecular formula is C19H24N2O. The molecule has 0 atom stereocenters. The second-order valence-electron chi connectivity index (χ2n) is 5.57. The van der Waals surface area contributed by atoms with Crippen LogP contribution in [0.25, 0.3) is 0 Å². The Kier molecular flexibility index (Phi) is 6.01. The third kappa shape index (κ3) is 5.24. The zero-order valence-electron chi connectivity index (χ0n) is 13.4. The Bertz CT molecular complexity index is 588. The van der Waals surface area contributed by atoms with Crippen molar-refractivity contribution in [2.24, 2.45) is 0 Å². The number of nitrogens with one attached hydrogen (secondary N) is 2. The highest BCUT2D eigenvalue weighted by atomic mass is 16.1. The summed E-state index contributed by atoms with van der Waals surface area (Å²) < 4.78 is 0. The lowest BCUT2D eigenvalue weighted by atomic mass is 10.1. The van der Waals surface area contributed by atoms with Gasteiger partial charge in [-0.05, 0) is 49.6 Å². The maximum Gasteiger partial charge on any atom is 0.243 e. The SMILES string of the molecule is CCCCc1ccc(NC(=O)CNc2ccc(C)cc2)cc1. The van der Waals surface area contributed by atoms with Crippen molar-refractivity contribution in [1.82, 2.24) is 0 Å². The van der Waals surface area contributed by atoms with Crippen molar-refractivity contribution in [1.29, 1.82) is 0 Å². The standard InChI is InChI=1S/C19H24N2O/c1-3-4-5-16-8-12-18(13-9-16)21-19(22)14-20-17-10-6-15(2)7-11-17/h6-13,20H,3-5,14H2,1-2H3,(H,21,22). The maximum absolute atomic E-state index is 11.9. The van der Waals surface area contributed by atoms with E-state index in [1.54, 1.807) is 0 Å². The van der Waals surface area contributed by atoms with E-state index in [0.717, 1.165) is 17.8 Å². The van der Waals surface area contributed by atoms with Gasteiger partial charge >= 0.3 is 0 Å². The Morgan fingerprint density at radius 1 is 0.955 bits per heavy atom. The van der Waals surface area contributed by atoms with E-state index >= 15 is 0 Å². The Balaban J connectivity index is 1.80. The monoisotopic (exact) mass is 296 g/mol. The summed E-state index contributed by atoms with van der Waals surface area (Å²) in [6.07, 6.45) is 3.50. The molecule has 0 aliphatic rings. The van der Waals surface area contributed by atoms with Gasteiger partial charge in [-0.3, -0.25) is 4.79 Å². The van der Waals surface area contributed by atoms with E-state index in [1.165, 1.54) is 24.0 Å². The smallest absolute Gasteiger partial charge is 0.243 e. The van der Waals surface area contributed by atoms with Crippen molar-refractivity contribution in [2.75, 3.05) is 17.2 Å². The fraction of sp³-hybridized carbons (Fsp3) is 0.316. The van der Waals surface area contributed by atoms with Crippen LogP contribution in [0.15, 0.2) is 48.5 Å². The minimum atomic E-state index is -0.0399. The second kappa shape index (κ2) is 8.23. The van der Waals surface area contributed by atoms with E-state index in [2.05, 4.69) is 29.7 Å². The van der Waals surface area contributed by atoms with Gasteiger partial charge in [-0.2, -0.15) is 0 Å². The first kappa shape index (κ1) is 16.1. The van der Waals surface area contributed by atoms with Gasteiger partial charge in [-0.1, -0.05) is 43.2 Å². The van der Waals surface area contributed by atoms with Crippen LogP contribution in [0.2, 0.25) is 0 Å². The first-order valence-electron chi connectivity index (χ1n) is 7.86. The Labute approximate surface area is 132 Å². The molecule has 2 N–H and O–H groups in total. The van der Waals surface area contributed by atoms with E-state index < -0.39 is 0 Å². The quantitative estimate of drug-likeness (QED) is 0.795. The van der Waals surface area contributed by atoms with E-state index in [4.69, 9.17) is 0 Å². The van der Waals surface area contributed by atoms with Crippen LogP contribution < -0.4 is 10.6 Å². The molecule has 0 unspecified atom stereocenters. The normalized spacial score (nSPS) is 10.3. The average molecular weight is 296 g/mol. The van der Waals surface area contributed by atoms with Gasteiger partial charge in [0.05, 0.1) is 6.54 Å². The van der Waals surface area contributed by atoms with E-state index in [9.17, 15) is 4.79 Å². The number of hydrogen-bond donors (Lipinski definition) is 2. The van der Waals surface area contributed by atoms with Crippen LogP contribution in [0, 0.1) is 6.92 Å². The van der Waals surface area contributed by atoms with Crippen LogP contribution in [-0.2, 0) is 11.2 Å². The molecule has 0 bridgehead atoms. The highest BCUT2D eigenvalue weighted by Crippen LogP contribution is 2.12. The average Bonchev–Trinajstić information content (AvgIpc) is 2.54. The third-order valence-corrected chi connectivity index (χ3v) is 3.56. The molecule has 116 valence electrons. The molecule has 0 aliphatic heterocycles. The number of rotatable bonds is 7. The van der Waals surface area contributed by atoms with Crippen LogP contribution in [0.5, 0.6) is 0 Å². The van der Waals surface area contributed by atoms with Crippen molar-refractivity contribution in [3.63, 3.8) is 0 Å². The molecule has 3 nitrogen and oxygen atoms in total. The van der Waals surface area contributed by atoms with Gasteiger partial charge in [0, 0.05) is 11.4 Å². The molecule has 0 saturated carbocycles. The van der Waals surface area contributed by atoms with Gasteiger partial charge in [0.2, 0.25) is 5.91 Å². The highest BCUT2D eigenvalue weighted by Gasteiger charge is 2.02. The summed E-state index contributed by atoms with van der Waals surface area (Å²) in [7, 11) is 0. The highest BCUT2D eigenvalue weighted by molar-refractivity contribution is 5.93. The van der Waals surface area contributed by atoms with Crippen LogP contribution in [0.1, 0.15) is 30.9 Å². The van der Waals surface area contributed by atoms with Crippen molar-refractivity contribution < 1.29 is 4.79 Å². The summed E-state index contributed by atoms with van der Waals surface area (Å²) >= 11 is 0. The van der Waals surface area contributed by atoms with Crippen molar-refractivity contribution in [3.05, 3.63) is 59.7 Å². The van der Waals surface area contributed by atoms with Crippen LogP contribution in [0.4, 0.5) is 11.4 Å².